The van der Waals surface area contributed by atoms with E-state index in [1.807, 2.05) is 0 Å². The predicted molar refractivity (Wildman–Crippen MR) is 57.1 cm³/mol. The van der Waals surface area contributed by atoms with Crippen molar-refractivity contribution < 1.29 is 9.30 Å². The van der Waals surface area contributed by atoms with E-state index in [0.717, 1.165) is 19.6 Å². The van der Waals surface area contributed by atoms with Crippen LogP contribution in [0.15, 0.2) is 24.5 Å². The predicted octanol–water partition coefficient (Wildman–Crippen LogP) is 2.10. The van der Waals surface area contributed by atoms with Crippen LogP contribution in [-0.2, 0) is 11.3 Å². The lowest BCUT2D eigenvalue weighted by Gasteiger charge is -2.08. The van der Waals surface area contributed by atoms with Crippen molar-refractivity contribution in [2.24, 2.45) is 0 Å². The zero-order valence-corrected chi connectivity index (χ0v) is 9.36. The number of rotatable bonds is 5. The van der Waals surface area contributed by atoms with Crippen LogP contribution in [0.2, 0.25) is 0 Å². The average molecular weight is 194 g/mol. The van der Waals surface area contributed by atoms with E-state index in [1.165, 1.54) is 5.56 Å². The Morgan fingerprint density at radius 3 is 2.57 bits per heavy atom. The molecule has 2 nitrogen and oxygen atoms in total. The fourth-order valence-electron chi connectivity index (χ4n) is 1.16. The fourth-order valence-corrected chi connectivity index (χ4v) is 1.16. The molecular formula is C12H20NO+. The minimum Gasteiger partial charge on any atom is -0.372 e. The van der Waals surface area contributed by atoms with E-state index < -0.39 is 0 Å². The second kappa shape index (κ2) is 5.76. The van der Waals surface area contributed by atoms with Crippen molar-refractivity contribution in [3.05, 3.63) is 30.1 Å². The molecule has 14 heavy (non-hydrogen) atoms. The van der Waals surface area contributed by atoms with E-state index in [1.54, 1.807) is 0 Å². The maximum atomic E-state index is 5.60. The van der Waals surface area contributed by atoms with E-state index in [0.29, 0.717) is 6.10 Å². The minimum absolute atomic E-state index is 0.376. The van der Waals surface area contributed by atoms with Gasteiger partial charge in [-0.05, 0) is 25.8 Å². The van der Waals surface area contributed by atoms with Crippen LogP contribution in [0, 0.1) is 6.92 Å². The van der Waals surface area contributed by atoms with Gasteiger partial charge in [-0.2, -0.15) is 0 Å². The number of ether oxygens (including phenoxy) is 1. The van der Waals surface area contributed by atoms with Crippen LogP contribution in [-0.4, -0.2) is 12.7 Å². The summed E-state index contributed by atoms with van der Waals surface area (Å²) in [5.74, 6) is 0. The van der Waals surface area contributed by atoms with E-state index >= 15 is 0 Å². The Bertz CT molecular complexity index is 256. The van der Waals surface area contributed by atoms with Crippen LogP contribution >= 0.6 is 0 Å². The number of aryl methyl sites for hydroxylation is 1. The third-order valence-electron chi connectivity index (χ3n) is 2.38. The van der Waals surface area contributed by atoms with Crippen LogP contribution in [0.5, 0.6) is 0 Å². The highest BCUT2D eigenvalue weighted by Gasteiger charge is 2.02. The molecule has 1 rings (SSSR count). The Labute approximate surface area is 86.5 Å². The average Bonchev–Trinajstić information content (AvgIpc) is 2.21. The van der Waals surface area contributed by atoms with Gasteiger partial charge in [0.2, 0.25) is 0 Å². The highest BCUT2D eigenvalue weighted by Crippen LogP contribution is 1.95. The van der Waals surface area contributed by atoms with Crippen LogP contribution < -0.4 is 4.57 Å². The second-order valence-electron chi connectivity index (χ2n) is 3.70. The number of hydrogen-bond acceptors (Lipinski definition) is 1. The van der Waals surface area contributed by atoms with Crippen molar-refractivity contribution >= 4 is 0 Å². The zero-order chi connectivity index (χ0) is 10.4. The third-order valence-corrected chi connectivity index (χ3v) is 2.38. The summed E-state index contributed by atoms with van der Waals surface area (Å²) in [5.41, 5.74) is 1.30. The summed E-state index contributed by atoms with van der Waals surface area (Å²) < 4.78 is 7.75. The van der Waals surface area contributed by atoms with Crippen molar-refractivity contribution in [2.75, 3.05) is 6.61 Å². The standard InChI is InChI=1S/C12H20NO/c1-4-12(3)14-10-9-13-7-5-11(2)6-8-13/h5-8,12H,4,9-10H2,1-3H3/q+1. The first-order chi connectivity index (χ1) is 6.72. The van der Waals surface area contributed by atoms with Gasteiger partial charge < -0.3 is 4.74 Å². The maximum Gasteiger partial charge on any atom is 0.171 e. The zero-order valence-electron chi connectivity index (χ0n) is 9.36. The number of pyridine rings is 1. The van der Waals surface area contributed by atoms with Gasteiger partial charge in [-0.15, -0.1) is 0 Å². The van der Waals surface area contributed by atoms with E-state index in [4.69, 9.17) is 4.74 Å². The quantitative estimate of drug-likeness (QED) is 0.654. The van der Waals surface area contributed by atoms with Crippen molar-refractivity contribution in [3.8, 4) is 0 Å². The molecule has 0 radical (unpaired) electrons. The van der Waals surface area contributed by atoms with Crippen molar-refractivity contribution in [1.29, 1.82) is 0 Å². The first-order valence-electron chi connectivity index (χ1n) is 5.29. The van der Waals surface area contributed by atoms with Crippen LogP contribution in [0.1, 0.15) is 25.8 Å². The SMILES string of the molecule is CCC(C)OCC[n+]1ccc(C)cc1. The van der Waals surface area contributed by atoms with Crippen molar-refractivity contribution in [1.82, 2.24) is 0 Å². The van der Waals surface area contributed by atoms with E-state index in [2.05, 4.69) is 49.9 Å². The molecule has 0 N–H and O–H groups in total. The molecule has 1 heterocycles. The summed E-state index contributed by atoms with van der Waals surface area (Å²) in [7, 11) is 0. The lowest BCUT2D eigenvalue weighted by Crippen LogP contribution is -2.35. The minimum atomic E-state index is 0.376. The largest absolute Gasteiger partial charge is 0.372 e. The molecule has 1 atom stereocenters. The Morgan fingerprint density at radius 1 is 1.36 bits per heavy atom. The summed E-state index contributed by atoms with van der Waals surface area (Å²) in [4.78, 5) is 0. The summed E-state index contributed by atoms with van der Waals surface area (Å²) in [6.07, 6.45) is 5.64. The maximum absolute atomic E-state index is 5.60. The molecule has 0 aliphatic rings. The molecule has 0 aromatic carbocycles. The topological polar surface area (TPSA) is 13.1 Å². The third kappa shape index (κ3) is 3.88. The van der Waals surface area contributed by atoms with Gasteiger partial charge >= 0.3 is 0 Å². The van der Waals surface area contributed by atoms with Gasteiger partial charge in [-0.1, -0.05) is 6.92 Å². The number of nitrogens with zero attached hydrogens (tertiary/aromatic N) is 1. The molecule has 0 bridgehead atoms. The highest BCUT2D eigenvalue weighted by atomic mass is 16.5. The molecule has 1 aromatic rings. The molecule has 0 saturated carbocycles. The molecule has 0 amide bonds. The molecule has 0 spiro atoms. The molecule has 0 aliphatic heterocycles. The van der Waals surface area contributed by atoms with Crippen LogP contribution in [0.25, 0.3) is 0 Å². The first kappa shape index (κ1) is 11.2. The van der Waals surface area contributed by atoms with Gasteiger partial charge in [0.05, 0.1) is 6.10 Å². The molecular weight excluding hydrogens is 174 g/mol. The lowest BCUT2D eigenvalue weighted by molar-refractivity contribution is -0.698. The summed E-state index contributed by atoms with van der Waals surface area (Å²) >= 11 is 0. The Kier molecular flexibility index (Phi) is 4.60. The Hall–Kier alpha value is -0.890. The summed E-state index contributed by atoms with van der Waals surface area (Å²) in [5, 5.41) is 0. The van der Waals surface area contributed by atoms with Gasteiger partial charge in [-0.3, -0.25) is 0 Å². The lowest BCUT2D eigenvalue weighted by atomic mass is 10.3. The molecule has 2 heteroatoms. The van der Waals surface area contributed by atoms with E-state index in [-0.39, 0.29) is 0 Å². The fraction of sp³-hybridized carbons (Fsp3) is 0.583. The number of aromatic nitrogens is 1. The van der Waals surface area contributed by atoms with Crippen LogP contribution in [0.4, 0.5) is 0 Å². The number of hydrogen-bond donors (Lipinski definition) is 0. The Morgan fingerprint density at radius 2 is 2.00 bits per heavy atom. The molecule has 78 valence electrons. The molecule has 1 unspecified atom stereocenters. The highest BCUT2D eigenvalue weighted by molar-refractivity contribution is 5.03. The van der Waals surface area contributed by atoms with Gasteiger partial charge in [0.15, 0.2) is 18.9 Å². The van der Waals surface area contributed by atoms with Gasteiger partial charge in [0, 0.05) is 12.1 Å². The second-order valence-corrected chi connectivity index (χ2v) is 3.70. The molecule has 1 aromatic heterocycles. The van der Waals surface area contributed by atoms with Crippen LogP contribution in [0.3, 0.4) is 0 Å². The molecule has 0 fully saturated rings. The first-order valence-corrected chi connectivity index (χ1v) is 5.29. The van der Waals surface area contributed by atoms with Gasteiger partial charge in [-0.25, -0.2) is 4.57 Å². The van der Waals surface area contributed by atoms with Gasteiger partial charge in [0.1, 0.15) is 6.61 Å². The summed E-state index contributed by atoms with van der Waals surface area (Å²) in [6, 6.07) is 4.23. The molecule has 0 saturated heterocycles. The normalized spacial score (nSPS) is 12.8. The molecule has 0 aliphatic carbocycles. The Balaban J connectivity index is 2.28. The monoisotopic (exact) mass is 194 g/mol. The van der Waals surface area contributed by atoms with E-state index in [9.17, 15) is 0 Å². The smallest absolute Gasteiger partial charge is 0.171 e. The van der Waals surface area contributed by atoms with Crippen molar-refractivity contribution in [2.45, 2.75) is 39.8 Å². The summed E-state index contributed by atoms with van der Waals surface area (Å²) in [6.45, 7) is 8.08. The van der Waals surface area contributed by atoms with Crippen molar-refractivity contribution in [3.63, 3.8) is 0 Å². The van der Waals surface area contributed by atoms with Gasteiger partial charge in [0.25, 0.3) is 0 Å².